The van der Waals surface area contributed by atoms with Crippen LogP contribution in [-0.2, 0) is 15.9 Å². The van der Waals surface area contributed by atoms with Crippen molar-refractivity contribution < 1.29 is 24.5 Å². The lowest BCUT2D eigenvalue weighted by atomic mass is 10.0. The minimum Gasteiger partial charge on any atom is -0.504 e. The fourth-order valence-corrected chi connectivity index (χ4v) is 2.19. The van der Waals surface area contributed by atoms with Crippen LogP contribution in [-0.4, -0.2) is 22.5 Å². The molecule has 0 bridgehead atoms. The largest absolute Gasteiger partial charge is 0.511 e. The molecule has 6 heteroatoms. The van der Waals surface area contributed by atoms with Crippen molar-refractivity contribution in [2.24, 2.45) is 0 Å². The second-order valence-electron chi connectivity index (χ2n) is 5.29. The lowest BCUT2D eigenvalue weighted by Gasteiger charge is -2.15. The number of rotatable bonds is 5. The van der Waals surface area contributed by atoms with Crippen LogP contribution >= 0.6 is 0 Å². The van der Waals surface area contributed by atoms with Gasteiger partial charge in [0.2, 0.25) is 0 Å². The molecule has 2 rings (SSSR count). The Labute approximate surface area is 134 Å². The van der Waals surface area contributed by atoms with Crippen molar-refractivity contribution in [3.05, 3.63) is 40.1 Å². The number of anilines is 1. The summed E-state index contributed by atoms with van der Waals surface area (Å²) < 4.78 is 10.2. The van der Waals surface area contributed by atoms with Gasteiger partial charge < -0.3 is 25.0 Å². The fourth-order valence-electron chi connectivity index (χ4n) is 2.19. The highest BCUT2D eigenvalue weighted by Gasteiger charge is 2.17. The molecule has 6 nitrogen and oxygen atoms in total. The maximum absolute atomic E-state index is 10.6. The van der Waals surface area contributed by atoms with E-state index in [2.05, 4.69) is 17.0 Å². The molecule has 0 aromatic heterocycles. The number of ether oxygens (including phenoxy) is 2. The second kappa shape index (κ2) is 7.09. The normalized spacial score (nSPS) is 15.3. The van der Waals surface area contributed by atoms with Crippen LogP contribution in [0.4, 0.5) is 10.5 Å². The molecule has 1 aliphatic heterocycles. The molecule has 23 heavy (non-hydrogen) atoms. The molecule has 1 aliphatic rings. The summed E-state index contributed by atoms with van der Waals surface area (Å²) in [5.74, 6) is -0.329. The van der Waals surface area contributed by atoms with Crippen LogP contribution in [0.5, 0.6) is 0 Å². The van der Waals surface area contributed by atoms with Crippen LogP contribution in [0.2, 0.25) is 0 Å². The monoisotopic (exact) mass is 319 g/mol. The predicted molar refractivity (Wildman–Crippen MR) is 87.2 cm³/mol. The van der Waals surface area contributed by atoms with Gasteiger partial charge in [0.05, 0.1) is 18.1 Å². The number of aliphatic hydroxyl groups is 1. The third-order valence-electron chi connectivity index (χ3n) is 3.71. The molecule has 0 amide bonds. The van der Waals surface area contributed by atoms with E-state index >= 15 is 0 Å². The van der Waals surface area contributed by atoms with Crippen molar-refractivity contribution in [1.82, 2.24) is 0 Å². The van der Waals surface area contributed by atoms with E-state index in [1.807, 2.05) is 26.0 Å². The van der Waals surface area contributed by atoms with Crippen LogP contribution in [0.1, 0.15) is 32.8 Å². The molecule has 1 aromatic carbocycles. The van der Waals surface area contributed by atoms with Gasteiger partial charge >= 0.3 is 6.16 Å². The van der Waals surface area contributed by atoms with Gasteiger partial charge in [-0.1, -0.05) is 13.8 Å². The number of aliphatic hydroxyl groups excluding tert-OH is 1. The van der Waals surface area contributed by atoms with Gasteiger partial charge in [0, 0.05) is 16.6 Å². The van der Waals surface area contributed by atoms with E-state index in [0.717, 1.165) is 23.6 Å². The van der Waals surface area contributed by atoms with Gasteiger partial charge in [0.1, 0.15) is 0 Å². The van der Waals surface area contributed by atoms with Crippen molar-refractivity contribution in [3.8, 4) is 0 Å². The van der Waals surface area contributed by atoms with Crippen LogP contribution in [0.3, 0.4) is 0 Å². The SMILES string of the molecule is CCc1cc2c(cc1=COC(C)CC)NC=C(OC(=O)O)C=2O. The molecule has 1 heterocycles. The molecular weight excluding hydrogens is 298 g/mol. The highest BCUT2D eigenvalue weighted by Crippen LogP contribution is 2.16. The summed E-state index contributed by atoms with van der Waals surface area (Å²) in [6.07, 6.45) is 3.34. The zero-order chi connectivity index (χ0) is 17.0. The number of aryl methyl sites for hydroxylation is 1. The van der Waals surface area contributed by atoms with Gasteiger partial charge in [-0.3, -0.25) is 0 Å². The first-order valence-corrected chi connectivity index (χ1v) is 7.56. The minimum absolute atomic E-state index is 0.124. The van der Waals surface area contributed by atoms with E-state index in [-0.39, 0.29) is 17.6 Å². The molecule has 124 valence electrons. The number of nitrogens with one attached hydrogen (secondary N) is 1. The molecule has 0 saturated heterocycles. The van der Waals surface area contributed by atoms with E-state index in [0.29, 0.717) is 10.9 Å². The van der Waals surface area contributed by atoms with E-state index in [9.17, 15) is 9.90 Å². The van der Waals surface area contributed by atoms with Crippen molar-refractivity contribution in [2.75, 3.05) is 5.32 Å². The number of hydrogen-bond donors (Lipinski definition) is 3. The summed E-state index contributed by atoms with van der Waals surface area (Å²) in [6.45, 7) is 6.05. The minimum atomic E-state index is -1.48. The highest BCUT2D eigenvalue weighted by atomic mass is 16.7. The summed E-state index contributed by atoms with van der Waals surface area (Å²) in [4.78, 5) is 10.6. The van der Waals surface area contributed by atoms with Crippen LogP contribution in [0.25, 0.3) is 12.0 Å². The third-order valence-corrected chi connectivity index (χ3v) is 3.71. The first kappa shape index (κ1) is 16.7. The summed E-state index contributed by atoms with van der Waals surface area (Å²) in [5, 5.41) is 23.3. The maximum atomic E-state index is 10.6. The van der Waals surface area contributed by atoms with E-state index in [4.69, 9.17) is 9.84 Å². The first-order valence-electron chi connectivity index (χ1n) is 7.56. The van der Waals surface area contributed by atoms with Crippen LogP contribution in [0, 0.1) is 0 Å². The van der Waals surface area contributed by atoms with Gasteiger partial charge in [-0.25, -0.2) is 4.79 Å². The van der Waals surface area contributed by atoms with E-state index in [1.165, 1.54) is 6.20 Å². The molecule has 0 spiro atoms. The van der Waals surface area contributed by atoms with Gasteiger partial charge in [-0.2, -0.15) is 0 Å². The number of benzene rings is 1. The molecule has 0 saturated carbocycles. The zero-order valence-electron chi connectivity index (χ0n) is 13.4. The smallest absolute Gasteiger partial charge is 0.504 e. The molecule has 1 atom stereocenters. The van der Waals surface area contributed by atoms with Crippen molar-refractivity contribution in [2.45, 2.75) is 39.7 Å². The Bertz CT molecular complexity index is 751. The Balaban J connectivity index is 2.49. The summed E-state index contributed by atoms with van der Waals surface area (Å²) in [5.41, 5.74) is 1.65. The average Bonchev–Trinajstić information content (AvgIpc) is 2.54. The van der Waals surface area contributed by atoms with E-state index in [1.54, 1.807) is 6.26 Å². The number of fused-ring (bicyclic) bond motifs is 1. The second-order valence-corrected chi connectivity index (χ2v) is 5.29. The molecule has 0 fully saturated rings. The standard InChI is InChI=1S/C17H21NO5/c1-4-10(3)22-9-12-7-14-13(6-11(12)5-2)16(19)15(8-18-14)23-17(20)21/h6-10,18-19H,4-5H2,1-3H3,(H,20,21). The fraction of sp³-hybridized carbons (Fsp3) is 0.353. The number of carbonyl (C=O) groups is 1. The molecule has 0 aliphatic carbocycles. The van der Waals surface area contributed by atoms with Crippen molar-refractivity contribution >= 4 is 23.9 Å². The van der Waals surface area contributed by atoms with Crippen LogP contribution < -0.4 is 15.8 Å². The van der Waals surface area contributed by atoms with Gasteiger partial charge in [0.25, 0.3) is 0 Å². The first-order chi connectivity index (χ1) is 11.0. The van der Waals surface area contributed by atoms with Crippen molar-refractivity contribution in [1.29, 1.82) is 0 Å². The number of carboxylic acid groups (broad SMARTS) is 1. The molecule has 1 unspecified atom stereocenters. The lowest BCUT2D eigenvalue weighted by molar-refractivity contribution is 0.119. The van der Waals surface area contributed by atoms with Crippen LogP contribution in [0.15, 0.2) is 24.1 Å². The zero-order valence-corrected chi connectivity index (χ0v) is 13.4. The summed E-state index contributed by atoms with van der Waals surface area (Å²) in [7, 11) is 0. The summed E-state index contributed by atoms with van der Waals surface area (Å²) in [6, 6.07) is 3.67. The highest BCUT2D eigenvalue weighted by molar-refractivity contribution is 5.71. The Morgan fingerprint density at radius 3 is 2.74 bits per heavy atom. The van der Waals surface area contributed by atoms with Gasteiger partial charge in [-0.05, 0) is 37.5 Å². The molecule has 1 aromatic rings. The maximum Gasteiger partial charge on any atom is 0.511 e. The van der Waals surface area contributed by atoms with E-state index < -0.39 is 6.16 Å². The predicted octanol–water partition coefficient (Wildman–Crippen LogP) is 2.43. The Kier molecular flexibility index (Phi) is 5.16. The quantitative estimate of drug-likeness (QED) is 0.723. The third kappa shape index (κ3) is 3.77. The Morgan fingerprint density at radius 2 is 2.13 bits per heavy atom. The van der Waals surface area contributed by atoms with Gasteiger partial charge in [0.15, 0.2) is 11.5 Å². The number of hydrogen-bond acceptors (Lipinski definition) is 5. The molecule has 3 N–H and O–H groups in total. The molecular formula is C17H21NO5. The Morgan fingerprint density at radius 1 is 1.39 bits per heavy atom. The topological polar surface area (TPSA) is 88.0 Å². The molecule has 0 radical (unpaired) electrons. The average molecular weight is 319 g/mol. The lowest BCUT2D eigenvalue weighted by Crippen LogP contribution is -2.25. The Hall–Kier alpha value is -2.63. The summed E-state index contributed by atoms with van der Waals surface area (Å²) >= 11 is 0. The van der Waals surface area contributed by atoms with Gasteiger partial charge in [-0.15, -0.1) is 0 Å². The van der Waals surface area contributed by atoms with Crippen molar-refractivity contribution in [3.63, 3.8) is 0 Å².